The Bertz CT molecular complexity index is 484. The molecule has 34 heavy (non-hydrogen) atoms. The third kappa shape index (κ3) is 25.1. The summed E-state index contributed by atoms with van der Waals surface area (Å²) in [7, 11) is 2.24. The van der Waals surface area contributed by atoms with Gasteiger partial charge < -0.3 is 14.1 Å². The lowest BCUT2D eigenvalue weighted by molar-refractivity contribution is -0.870. The molecule has 2 atom stereocenters. The van der Waals surface area contributed by atoms with E-state index in [1.165, 1.54) is 89.9 Å². The van der Waals surface area contributed by atoms with Gasteiger partial charge in [0.2, 0.25) is 0 Å². The van der Waals surface area contributed by atoms with Gasteiger partial charge in [0, 0.05) is 13.0 Å². The van der Waals surface area contributed by atoms with E-state index in [0.29, 0.717) is 13.0 Å². The van der Waals surface area contributed by atoms with Crippen molar-refractivity contribution in [1.82, 2.24) is 0 Å². The Morgan fingerprint density at radius 1 is 0.706 bits per heavy atom. The van der Waals surface area contributed by atoms with Crippen molar-refractivity contribution in [1.29, 1.82) is 0 Å². The second-order valence-corrected chi connectivity index (χ2v) is 12.2. The average Bonchev–Trinajstić information content (AvgIpc) is 2.77. The van der Waals surface area contributed by atoms with Crippen LogP contribution in [0.5, 0.6) is 0 Å². The molecule has 206 valence electrons. The standard InChI is InChI=1S/C27H58NO5P/c1-6-8-9-10-11-12-13-14-15-16-17-18-19-20-21-23-27(31-7-2)26-33-34(29,30)32-25-22-24-28(3,4)5/h27H,6-26H2,1-5H3/p+1. The molecule has 2 unspecified atom stereocenters. The summed E-state index contributed by atoms with van der Waals surface area (Å²) in [5.41, 5.74) is 0. The van der Waals surface area contributed by atoms with Gasteiger partial charge >= 0.3 is 7.82 Å². The highest BCUT2D eigenvalue weighted by molar-refractivity contribution is 7.47. The first kappa shape index (κ1) is 34.0. The lowest BCUT2D eigenvalue weighted by Crippen LogP contribution is -2.35. The van der Waals surface area contributed by atoms with E-state index in [1.54, 1.807) is 0 Å². The minimum atomic E-state index is -4.01. The van der Waals surface area contributed by atoms with Crippen LogP contribution in [0.15, 0.2) is 0 Å². The molecule has 0 saturated heterocycles. The van der Waals surface area contributed by atoms with Crippen LogP contribution >= 0.6 is 7.82 Å². The first-order valence-electron chi connectivity index (χ1n) is 14.2. The van der Waals surface area contributed by atoms with E-state index in [-0.39, 0.29) is 19.3 Å². The maximum absolute atomic E-state index is 12.1. The van der Waals surface area contributed by atoms with E-state index in [9.17, 15) is 9.46 Å². The molecular weight excluding hydrogens is 449 g/mol. The average molecular weight is 509 g/mol. The molecule has 0 aliphatic carbocycles. The van der Waals surface area contributed by atoms with Gasteiger partial charge in [-0.3, -0.25) is 9.05 Å². The third-order valence-corrected chi connectivity index (χ3v) is 7.17. The maximum Gasteiger partial charge on any atom is 0.472 e. The van der Waals surface area contributed by atoms with Crippen LogP contribution in [0.3, 0.4) is 0 Å². The summed E-state index contributed by atoms with van der Waals surface area (Å²) in [6, 6.07) is 0. The van der Waals surface area contributed by atoms with Crippen molar-refractivity contribution >= 4 is 7.82 Å². The summed E-state index contributed by atoms with van der Waals surface area (Å²) in [5, 5.41) is 0. The molecular formula is C27H59NO5P+. The molecule has 0 saturated carbocycles. The molecule has 0 spiro atoms. The van der Waals surface area contributed by atoms with Crippen molar-refractivity contribution in [2.75, 3.05) is 47.5 Å². The van der Waals surface area contributed by atoms with E-state index in [0.717, 1.165) is 23.9 Å². The summed E-state index contributed by atoms with van der Waals surface area (Å²) < 4.78 is 28.9. The predicted octanol–water partition coefficient (Wildman–Crippen LogP) is 7.88. The molecule has 0 aromatic carbocycles. The Morgan fingerprint density at radius 2 is 1.18 bits per heavy atom. The van der Waals surface area contributed by atoms with Crippen LogP contribution in [0.1, 0.15) is 123 Å². The van der Waals surface area contributed by atoms with Gasteiger partial charge in [0.1, 0.15) is 0 Å². The zero-order valence-electron chi connectivity index (χ0n) is 23.4. The Morgan fingerprint density at radius 3 is 1.62 bits per heavy atom. The van der Waals surface area contributed by atoms with Gasteiger partial charge in [-0.25, -0.2) is 4.57 Å². The quantitative estimate of drug-likeness (QED) is 0.0731. The largest absolute Gasteiger partial charge is 0.472 e. The minimum absolute atomic E-state index is 0.107. The molecule has 0 amide bonds. The number of hydrogen-bond donors (Lipinski definition) is 1. The fourth-order valence-electron chi connectivity index (χ4n) is 4.13. The number of ether oxygens (including phenoxy) is 1. The summed E-state index contributed by atoms with van der Waals surface area (Å²) >= 11 is 0. The topological polar surface area (TPSA) is 65.0 Å². The van der Waals surface area contributed by atoms with Crippen molar-refractivity contribution in [3.63, 3.8) is 0 Å². The van der Waals surface area contributed by atoms with Crippen molar-refractivity contribution < 1.29 is 27.7 Å². The first-order chi connectivity index (χ1) is 16.2. The summed E-state index contributed by atoms with van der Waals surface area (Å²) in [6.45, 7) is 6.00. The van der Waals surface area contributed by atoms with Crippen molar-refractivity contribution in [2.24, 2.45) is 0 Å². The zero-order valence-corrected chi connectivity index (χ0v) is 24.3. The molecule has 6 nitrogen and oxygen atoms in total. The number of quaternary nitrogens is 1. The third-order valence-electron chi connectivity index (χ3n) is 6.18. The fourth-order valence-corrected chi connectivity index (χ4v) is 4.92. The van der Waals surface area contributed by atoms with Crippen LogP contribution in [0, 0.1) is 0 Å². The van der Waals surface area contributed by atoms with Gasteiger partial charge in [0.25, 0.3) is 0 Å². The van der Waals surface area contributed by atoms with Gasteiger partial charge in [-0.2, -0.15) is 0 Å². The second-order valence-electron chi connectivity index (χ2n) is 10.8. The molecule has 0 aliphatic heterocycles. The normalized spacial score (nSPS) is 14.9. The van der Waals surface area contributed by atoms with Gasteiger partial charge in [-0.15, -0.1) is 0 Å². The Balaban J connectivity index is 3.69. The highest BCUT2D eigenvalue weighted by Gasteiger charge is 2.23. The summed E-state index contributed by atoms with van der Waals surface area (Å²) in [4.78, 5) is 9.92. The minimum Gasteiger partial charge on any atom is -0.376 e. The van der Waals surface area contributed by atoms with Crippen LogP contribution in [0.2, 0.25) is 0 Å². The molecule has 0 fully saturated rings. The fraction of sp³-hybridized carbons (Fsp3) is 1.00. The highest BCUT2D eigenvalue weighted by Crippen LogP contribution is 2.43. The number of rotatable bonds is 26. The Labute approximate surface area is 212 Å². The van der Waals surface area contributed by atoms with Crippen molar-refractivity contribution in [3.8, 4) is 0 Å². The van der Waals surface area contributed by atoms with E-state index in [1.807, 2.05) is 6.92 Å². The van der Waals surface area contributed by atoms with Crippen molar-refractivity contribution in [3.05, 3.63) is 0 Å². The second kappa shape index (κ2) is 22.2. The number of phosphoric ester groups is 1. The lowest BCUT2D eigenvalue weighted by atomic mass is 10.0. The van der Waals surface area contributed by atoms with Gasteiger partial charge in [-0.05, 0) is 13.3 Å². The summed E-state index contributed by atoms with van der Waals surface area (Å²) in [6.07, 6.45) is 21.5. The van der Waals surface area contributed by atoms with Crippen LogP contribution < -0.4 is 0 Å². The monoisotopic (exact) mass is 508 g/mol. The SMILES string of the molecule is CCCCCCCCCCCCCCCCCC(COP(=O)(O)OCCC[N+](C)(C)C)OCC. The smallest absolute Gasteiger partial charge is 0.376 e. The maximum atomic E-state index is 12.1. The zero-order chi connectivity index (χ0) is 25.5. The summed E-state index contributed by atoms with van der Waals surface area (Å²) in [5.74, 6) is 0. The van der Waals surface area contributed by atoms with Crippen LogP contribution in [0.4, 0.5) is 0 Å². The Kier molecular flexibility index (Phi) is 22.3. The molecule has 0 bridgehead atoms. The van der Waals surface area contributed by atoms with E-state index in [2.05, 4.69) is 28.1 Å². The van der Waals surface area contributed by atoms with E-state index in [4.69, 9.17) is 13.8 Å². The molecule has 0 rings (SSSR count). The van der Waals surface area contributed by atoms with Gasteiger partial charge in [0.15, 0.2) is 0 Å². The van der Waals surface area contributed by atoms with Crippen LogP contribution in [0.25, 0.3) is 0 Å². The number of nitrogens with zero attached hydrogens (tertiary/aromatic N) is 1. The molecule has 0 aromatic heterocycles. The first-order valence-corrected chi connectivity index (χ1v) is 15.7. The highest BCUT2D eigenvalue weighted by atomic mass is 31.2. The van der Waals surface area contributed by atoms with E-state index < -0.39 is 7.82 Å². The molecule has 0 heterocycles. The molecule has 1 N–H and O–H groups in total. The van der Waals surface area contributed by atoms with Crippen LogP contribution in [-0.4, -0.2) is 63.0 Å². The number of phosphoric acid groups is 1. The molecule has 7 heteroatoms. The van der Waals surface area contributed by atoms with Crippen molar-refractivity contribution in [2.45, 2.75) is 129 Å². The van der Waals surface area contributed by atoms with E-state index >= 15 is 0 Å². The van der Waals surface area contributed by atoms with Gasteiger partial charge in [-0.1, -0.05) is 103 Å². The molecule has 0 radical (unpaired) electrons. The molecule has 0 aromatic rings. The predicted molar refractivity (Wildman–Crippen MR) is 144 cm³/mol. The number of hydrogen-bond acceptors (Lipinski definition) is 4. The van der Waals surface area contributed by atoms with Gasteiger partial charge in [0.05, 0.1) is 47.0 Å². The lowest BCUT2D eigenvalue weighted by Gasteiger charge is -2.24. The Hall–Kier alpha value is 0.0300. The number of unbranched alkanes of at least 4 members (excludes halogenated alkanes) is 14. The van der Waals surface area contributed by atoms with Crippen LogP contribution in [-0.2, 0) is 18.3 Å². The molecule has 0 aliphatic rings.